The van der Waals surface area contributed by atoms with Crippen LogP contribution in [-0.2, 0) is 16.4 Å². The maximum absolute atomic E-state index is 12.8. The second-order valence-corrected chi connectivity index (χ2v) is 9.03. The monoisotopic (exact) mass is 386 g/mol. The van der Waals surface area contributed by atoms with Crippen LogP contribution in [0.25, 0.3) is 0 Å². The van der Waals surface area contributed by atoms with Gasteiger partial charge in [0.25, 0.3) is 5.91 Å². The van der Waals surface area contributed by atoms with Gasteiger partial charge in [0.1, 0.15) is 0 Å². The highest BCUT2D eigenvalue weighted by Crippen LogP contribution is 2.30. The number of anilines is 1. The molecule has 0 fully saturated rings. The fraction of sp³-hybridized carbons (Fsp3) is 0.381. The van der Waals surface area contributed by atoms with E-state index >= 15 is 0 Å². The van der Waals surface area contributed by atoms with E-state index in [1.807, 2.05) is 44.2 Å². The summed E-state index contributed by atoms with van der Waals surface area (Å²) in [4.78, 5) is 12.8. The van der Waals surface area contributed by atoms with Gasteiger partial charge in [-0.15, -0.1) is 0 Å². The van der Waals surface area contributed by atoms with Crippen molar-refractivity contribution in [1.29, 1.82) is 0 Å². The number of nitrogens with one attached hydrogen (secondary N) is 1. The van der Waals surface area contributed by atoms with Crippen LogP contribution >= 0.6 is 0 Å². The zero-order valence-corrected chi connectivity index (χ0v) is 16.8. The van der Waals surface area contributed by atoms with Crippen LogP contribution in [0.2, 0.25) is 0 Å². The molecule has 0 bridgehead atoms. The van der Waals surface area contributed by atoms with Crippen molar-refractivity contribution in [3.8, 4) is 0 Å². The summed E-state index contributed by atoms with van der Waals surface area (Å²) in [6, 6.07) is 13.4. The third-order valence-corrected chi connectivity index (χ3v) is 6.19. The van der Waals surface area contributed by atoms with Crippen LogP contribution in [0, 0.1) is 6.92 Å². The van der Waals surface area contributed by atoms with Gasteiger partial charge >= 0.3 is 0 Å². The number of benzene rings is 2. The highest BCUT2D eigenvalue weighted by Gasteiger charge is 2.25. The Balaban J connectivity index is 1.82. The van der Waals surface area contributed by atoms with E-state index in [4.69, 9.17) is 0 Å². The first-order valence-corrected chi connectivity index (χ1v) is 11.1. The van der Waals surface area contributed by atoms with Crippen molar-refractivity contribution in [3.63, 3.8) is 0 Å². The molecule has 0 spiro atoms. The van der Waals surface area contributed by atoms with E-state index in [2.05, 4.69) is 5.32 Å². The number of carbonyl (C=O) groups excluding carboxylic acids is 1. The third kappa shape index (κ3) is 4.33. The molecule has 6 heteroatoms. The average molecular weight is 387 g/mol. The Kier molecular flexibility index (Phi) is 5.56. The van der Waals surface area contributed by atoms with Crippen molar-refractivity contribution in [3.05, 3.63) is 64.7 Å². The van der Waals surface area contributed by atoms with Crippen LogP contribution in [0.3, 0.4) is 0 Å². The Bertz CT molecular complexity index is 936. The summed E-state index contributed by atoms with van der Waals surface area (Å²) >= 11 is 0. The van der Waals surface area contributed by atoms with Crippen LogP contribution in [0.4, 0.5) is 5.69 Å². The number of nitrogens with zero attached hydrogens (tertiary/aromatic N) is 1. The summed E-state index contributed by atoms with van der Waals surface area (Å²) in [5.41, 5.74) is 4.42. The first-order chi connectivity index (χ1) is 12.8. The molecule has 0 radical (unpaired) electrons. The van der Waals surface area contributed by atoms with E-state index in [0.29, 0.717) is 17.8 Å². The molecule has 1 heterocycles. The molecule has 1 aliphatic heterocycles. The normalized spacial score (nSPS) is 15.1. The van der Waals surface area contributed by atoms with Gasteiger partial charge in [0.05, 0.1) is 18.0 Å². The molecule has 0 saturated carbocycles. The molecule has 0 aromatic heterocycles. The lowest BCUT2D eigenvalue weighted by atomic mass is 9.99. The molecule has 144 valence electrons. The first kappa shape index (κ1) is 19.4. The second-order valence-electron chi connectivity index (χ2n) is 7.13. The summed E-state index contributed by atoms with van der Waals surface area (Å²) in [7, 11) is -3.30. The molecule has 27 heavy (non-hydrogen) atoms. The minimum atomic E-state index is -3.30. The lowest BCUT2D eigenvalue weighted by Crippen LogP contribution is -2.35. The van der Waals surface area contributed by atoms with Crippen molar-refractivity contribution in [1.82, 2.24) is 5.32 Å². The van der Waals surface area contributed by atoms with E-state index in [1.165, 1.54) is 16.1 Å². The Hall–Kier alpha value is -2.34. The van der Waals surface area contributed by atoms with Gasteiger partial charge in [-0.05, 0) is 55.5 Å². The Morgan fingerprint density at radius 1 is 1.19 bits per heavy atom. The zero-order chi connectivity index (χ0) is 19.6. The molecule has 0 saturated heterocycles. The SMILES string of the molecule is CC[C@H](NC(=O)c1ccc2c(c1)CCCN2S(C)(=O)=O)c1ccc(C)cc1. The largest absolute Gasteiger partial charge is 0.345 e. The number of hydrogen-bond donors (Lipinski definition) is 1. The van der Waals surface area contributed by atoms with Gasteiger partial charge < -0.3 is 5.32 Å². The number of carbonyl (C=O) groups is 1. The molecule has 2 aromatic carbocycles. The molecule has 2 aromatic rings. The fourth-order valence-electron chi connectivity index (χ4n) is 3.51. The summed E-state index contributed by atoms with van der Waals surface area (Å²) in [5.74, 6) is -0.137. The van der Waals surface area contributed by atoms with Gasteiger partial charge in [0, 0.05) is 12.1 Å². The number of fused-ring (bicyclic) bond motifs is 1. The molecule has 3 rings (SSSR count). The number of sulfonamides is 1. The topological polar surface area (TPSA) is 66.5 Å². The molecule has 1 N–H and O–H groups in total. The second kappa shape index (κ2) is 7.72. The summed E-state index contributed by atoms with van der Waals surface area (Å²) < 4.78 is 25.4. The molecule has 5 nitrogen and oxygen atoms in total. The molecule has 0 aliphatic carbocycles. The number of aryl methyl sites for hydroxylation is 2. The lowest BCUT2D eigenvalue weighted by molar-refractivity contribution is 0.0935. The Morgan fingerprint density at radius 3 is 2.52 bits per heavy atom. The molecular formula is C21H26N2O3S. The molecule has 1 atom stereocenters. The highest BCUT2D eigenvalue weighted by atomic mass is 32.2. The van der Waals surface area contributed by atoms with Crippen LogP contribution in [0.15, 0.2) is 42.5 Å². The minimum absolute atomic E-state index is 0.0540. The van der Waals surface area contributed by atoms with E-state index in [1.54, 1.807) is 12.1 Å². The van der Waals surface area contributed by atoms with Crippen LogP contribution in [-0.4, -0.2) is 27.1 Å². The minimum Gasteiger partial charge on any atom is -0.345 e. The maximum Gasteiger partial charge on any atom is 0.251 e. The summed E-state index contributed by atoms with van der Waals surface area (Å²) in [6.07, 6.45) is 3.54. The van der Waals surface area contributed by atoms with Crippen molar-refractivity contribution in [2.75, 3.05) is 17.1 Å². The smallest absolute Gasteiger partial charge is 0.251 e. The zero-order valence-electron chi connectivity index (χ0n) is 16.0. The number of rotatable bonds is 5. The lowest BCUT2D eigenvalue weighted by Gasteiger charge is -2.29. The Labute approximate surface area is 161 Å². The fourth-order valence-corrected chi connectivity index (χ4v) is 4.51. The predicted molar refractivity (Wildman–Crippen MR) is 109 cm³/mol. The number of hydrogen-bond acceptors (Lipinski definition) is 3. The summed E-state index contributed by atoms with van der Waals surface area (Å²) in [5, 5.41) is 3.10. The average Bonchev–Trinajstić information content (AvgIpc) is 2.65. The van der Waals surface area contributed by atoms with E-state index in [9.17, 15) is 13.2 Å². The molecule has 1 aliphatic rings. The summed E-state index contributed by atoms with van der Waals surface area (Å²) in [6.45, 7) is 4.57. The quantitative estimate of drug-likeness (QED) is 0.854. The molecule has 0 unspecified atom stereocenters. The van der Waals surface area contributed by atoms with Crippen LogP contribution in [0.1, 0.15) is 52.9 Å². The van der Waals surface area contributed by atoms with Crippen molar-refractivity contribution < 1.29 is 13.2 Å². The number of amides is 1. The first-order valence-electron chi connectivity index (χ1n) is 9.27. The predicted octanol–water partition coefficient (Wildman–Crippen LogP) is 3.59. The van der Waals surface area contributed by atoms with Gasteiger partial charge in [-0.25, -0.2) is 8.42 Å². The van der Waals surface area contributed by atoms with Crippen molar-refractivity contribution in [2.24, 2.45) is 0 Å². The van der Waals surface area contributed by atoms with Gasteiger partial charge in [0.15, 0.2) is 0 Å². The third-order valence-electron chi connectivity index (χ3n) is 5.01. The Morgan fingerprint density at radius 2 is 1.89 bits per heavy atom. The van der Waals surface area contributed by atoms with Crippen LogP contribution < -0.4 is 9.62 Å². The van der Waals surface area contributed by atoms with Crippen LogP contribution in [0.5, 0.6) is 0 Å². The van der Waals surface area contributed by atoms with Gasteiger partial charge in [-0.1, -0.05) is 36.8 Å². The van der Waals surface area contributed by atoms with Gasteiger partial charge in [-0.3, -0.25) is 9.10 Å². The molecular weight excluding hydrogens is 360 g/mol. The highest BCUT2D eigenvalue weighted by molar-refractivity contribution is 7.92. The molecule has 1 amide bonds. The van der Waals surface area contributed by atoms with Crippen molar-refractivity contribution >= 4 is 21.6 Å². The van der Waals surface area contributed by atoms with E-state index in [-0.39, 0.29) is 11.9 Å². The maximum atomic E-state index is 12.8. The standard InChI is InChI=1S/C21H26N2O3S/c1-4-19(16-9-7-15(2)8-10-16)22-21(24)18-11-12-20-17(14-18)6-5-13-23(20)27(3,25)26/h7-12,14,19H,4-6,13H2,1-3H3,(H,22,24)/t19-/m0/s1. The van der Waals surface area contributed by atoms with E-state index < -0.39 is 10.0 Å². The van der Waals surface area contributed by atoms with Gasteiger partial charge in [0.2, 0.25) is 10.0 Å². The van der Waals surface area contributed by atoms with E-state index in [0.717, 1.165) is 30.4 Å². The van der Waals surface area contributed by atoms with Gasteiger partial charge in [-0.2, -0.15) is 0 Å². The van der Waals surface area contributed by atoms with Crippen molar-refractivity contribution in [2.45, 2.75) is 39.2 Å².